The van der Waals surface area contributed by atoms with Crippen LogP contribution in [0.15, 0.2) is 35.4 Å². The van der Waals surface area contributed by atoms with E-state index in [1.165, 1.54) is 11.3 Å². The maximum absolute atomic E-state index is 12.4. The molecule has 1 aliphatic rings. The van der Waals surface area contributed by atoms with Gasteiger partial charge in [-0.15, -0.1) is 11.3 Å². The van der Waals surface area contributed by atoms with Crippen LogP contribution in [0.3, 0.4) is 0 Å². The van der Waals surface area contributed by atoms with Gasteiger partial charge in [-0.3, -0.25) is 9.78 Å². The van der Waals surface area contributed by atoms with Crippen molar-refractivity contribution in [3.05, 3.63) is 46.7 Å². The number of likely N-dealkylation sites (tertiary alicyclic amines) is 1. The minimum Gasteiger partial charge on any atom is -0.391 e. The number of thiazole rings is 1. The van der Waals surface area contributed by atoms with Gasteiger partial charge in [0.2, 0.25) is 0 Å². The van der Waals surface area contributed by atoms with Gasteiger partial charge in [0.15, 0.2) is 0 Å². The Kier molecular flexibility index (Phi) is 3.75. The van der Waals surface area contributed by atoms with Gasteiger partial charge in [0.25, 0.3) is 5.91 Å². The fourth-order valence-electron chi connectivity index (χ4n) is 2.56. The number of aliphatic hydroxyl groups is 1. The highest BCUT2D eigenvalue weighted by atomic mass is 32.1. The average molecular weight is 289 g/mol. The Morgan fingerprint density at radius 3 is 3.15 bits per heavy atom. The molecule has 1 aliphatic heterocycles. The van der Waals surface area contributed by atoms with Gasteiger partial charge in [-0.1, -0.05) is 6.07 Å². The number of hydrogen-bond donors (Lipinski definition) is 1. The van der Waals surface area contributed by atoms with E-state index in [1.807, 2.05) is 12.1 Å². The molecule has 3 heterocycles. The van der Waals surface area contributed by atoms with Crippen LogP contribution < -0.4 is 0 Å². The molecule has 0 unspecified atom stereocenters. The molecule has 3 rings (SSSR count). The highest BCUT2D eigenvalue weighted by molar-refractivity contribution is 7.07. The SMILES string of the molecule is O=C(c1cscn1)N1CC[C@H](O)[C@@H]1Cc1cccnc1. The molecule has 2 aromatic heterocycles. The third-order valence-electron chi connectivity index (χ3n) is 3.59. The normalized spacial score (nSPS) is 22.1. The lowest BCUT2D eigenvalue weighted by atomic mass is 10.0. The molecule has 1 fully saturated rings. The first-order valence-corrected chi connectivity index (χ1v) is 7.46. The molecule has 0 radical (unpaired) electrons. The summed E-state index contributed by atoms with van der Waals surface area (Å²) in [5.41, 5.74) is 3.13. The molecule has 20 heavy (non-hydrogen) atoms. The molecule has 1 amide bonds. The molecule has 0 saturated carbocycles. The molecule has 5 nitrogen and oxygen atoms in total. The van der Waals surface area contributed by atoms with E-state index in [1.54, 1.807) is 28.2 Å². The third kappa shape index (κ3) is 2.57. The van der Waals surface area contributed by atoms with E-state index in [0.717, 1.165) is 5.56 Å². The molecule has 0 aromatic carbocycles. The highest BCUT2D eigenvalue weighted by Crippen LogP contribution is 2.23. The summed E-state index contributed by atoms with van der Waals surface area (Å²) in [6.45, 7) is 0.572. The van der Waals surface area contributed by atoms with Crippen LogP contribution in [-0.2, 0) is 6.42 Å². The Labute approximate surface area is 120 Å². The summed E-state index contributed by atoms with van der Waals surface area (Å²) in [6.07, 6.45) is 4.23. The minimum atomic E-state index is -0.488. The second-order valence-electron chi connectivity index (χ2n) is 4.86. The zero-order valence-corrected chi connectivity index (χ0v) is 11.7. The van der Waals surface area contributed by atoms with Gasteiger partial charge in [-0.05, 0) is 24.5 Å². The van der Waals surface area contributed by atoms with Crippen molar-refractivity contribution in [1.29, 1.82) is 0 Å². The van der Waals surface area contributed by atoms with Crippen molar-refractivity contribution < 1.29 is 9.90 Å². The zero-order chi connectivity index (χ0) is 13.9. The Morgan fingerprint density at radius 2 is 2.45 bits per heavy atom. The van der Waals surface area contributed by atoms with Crippen LogP contribution >= 0.6 is 11.3 Å². The van der Waals surface area contributed by atoms with E-state index in [9.17, 15) is 9.90 Å². The third-order valence-corrected chi connectivity index (χ3v) is 4.18. The van der Waals surface area contributed by atoms with Gasteiger partial charge in [-0.25, -0.2) is 4.98 Å². The Hall–Kier alpha value is -1.79. The largest absolute Gasteiger partial charge is 0.391 e. The maximum Gasteiger partial charge on any atom is 0.273 e. The second-order valence-corrected chi connectivity index (χ2v) is 5.58. The van der Waals surface area contributed by atoms with Crippen LogP contribution in [0.4, 0.5) is 0 Å². The molecule has 1 N–H and O–H groups in total. The highest BCUT2D eigenvalue weighted by Gasteiger charge is 2.36. The van der Waals surface area contributed by atoms with Gasteiger partial charge >= 0.3 is 0 Å². The lowest BCUT2D eigenvalue weighted by Crippen LogP contribution is -2.41. The number of aliphatic hydroxyl groups excluding tert-OH is 1. The molecule has 104 valence electrons. The van der Waals surface area contributed by atoms with Crippen LogP contribution in [0.1, 0.15) is 22.5 Å². The van der Waals surface area contributed by atoms with Crippen molar-refractivity contribution in [1.82, 2.24) is 14.9 Å². The summed E-state index contributed by atoms with van der Waals surface area (Å²) in [6, 6.07) is 3.63. The number of rotatable bonds is 3. The lowest BCUT2D eigenvalue weighted by molar-refractivity contribution is 0.0635. The fraction of sp³-hybridized carbons (Fsp3) is 0.357. The van der Waals surface area contributed by atoms with E-state index in [4.69, 9.17) is 0 Å². The molecular formula is C14H15N3O2S. The average Bonchev–Trinajstić information content (AvgIpc) is 3.11. The van der Waals surface area contributed by atoms with Gasteiger partial charge in [0.05, 0.1) is 17.7 Å². The molecule has 2 aromatic rings. The standard InChI is InChI=1S/C14H15N3O2S/c18-13-3-5-17(14(19)11-8-20-9-16-11)12(13)6-10-2-1-4-15-7-10/h1-2,4,7-9,12-13,18H,3,5-6H2/t12-,13-/m0/s1. The van der Waals surface area contributed by atoms with Gasteiger partial charge < -0.3 is 10.0 Å². The first-order valence-electron chi connectivity index (χ1n) is 6.52. The number of pyridine rings is 1. The molecule has 0 aliphatic carbocycles. The van der Waals surface area contributed by atoms with Crippen molar-refractivity contribution in [2.45, 2.75) is 25.0 Å². The predicted octanol–water partition coefficient (Wildman–Crippen LogP) is 1.36. The van der Waals surface area contributed by atoms with Crippen molar-refractivity contribution in [2.75, 3.05) is 6.54 Å². The second kappa shape index (κ2) is 5.68. The van der Waals surface area contributed by atoms with E-state index >= 15 is 0 Å². The number of nitrogens with zero attached hydrogens (tertiary/aromatic N) is 3. The van der Waals surface area contributed by atoms with Crippen molar-refractivity contribution in [3.63, 3.8) is 0 Å². The topological polar surface area (TPSA) is 66.3 Å². The van der Waals surface area contributed by atoms with Crippen molar-refractivity contribution in [3.8, 4) is 0 Å². The predicted molar refractivity (Wildman–Crippen MR) is 75.5 cm³/mol. The number of amides is 1. The first kappa shape index (κ1) is 13.2. The van der Waals surface area contributed by atoms with Crippen LogP contribution in [0, 0.1) is 0 Å². The smallest absolute Gasteiger partial charge is 0.273 e. The molecule has 1 saturated heterocycles. The molecule has 2 atom stereocenters. The first-order chi connectivity index (χ1) is 9.75. The Morgan fingerprint density at radius 1 is 1.55 bits per heavy atom. The number of hydrogen-bond acceptors (Lipinski definition) is 5. The fourth-order valence-corrected chi connectivity index (χ4v) is 3.09. The summed E-state index contributed by atoms with van der Waals surface area (Å²) in [4.78, 5) is 22.3. The van der Waals surface area contributed by atoms with Crippen LogP contribution in [0.2, 0.25) is 0 Å². The maximum atomic E-state index is 12.4. The summed E-state index contributed by atoms with van der Waals surface area (Å²) in [5, 5.41) is 11.9. The van der Waals surface area contributed by atoms with Crippen LogP contribution in [0.25, 0.3) is 0 Å². The number of carbonyl (C=O) groups excluding carboxylic acids is 1. The number of carbonyl (C=O) groups is 1. The zero-order valence-electron chi connectivity index (χ0n) is 10.8. The van der Waals surface area contributed by atoms with E-state index in [2.05, 4.69) is 9.97 Å². The summed E-state index contributed by atoms with van der Waals surface area (Å²) >= 11 is 1.40. The Balaban J connectivity index is 1.78. The lowest BCUT2D eigenvalue weighted by Gasteiger charge is -2.25. The summed E-state index contributed by atoms with van der Waals surface area (Å²) in [5.74, 6) is -0.100. The summed E-state index contributed by atoms with van der Waals surface area (Å²) in [7, 11) is 0. The number of aromatic nitrogens is 2. The Bertz CT molecular complexity index is 573. The van der Waals surface area contributed by atoms with Gasteiger partial charge in [-0.2, -0.15) is 0 Å². The van der Waals surface area contributed by atoms with E-state index in [0.29, 0.717) is 25.1 Å². The monoisotopic (exact) mass is 289 g/mol. The van der Waals surface area contributed by atoms with Crippen LogP contribution in [0.5, 0.6) is 0 Å². The van der Waals surface area contributed by atoms with Gasteiger partial charge in [0, 0.05) is 24.3 Å². The molecule has 0 spiro atoms. The van der Waals surface area contributed by atoms with E-state index in [-0.39, 0.29) is 11.9 Å². The van der Waals surface area contributed by atoms with Gasteiger partial charge in [0.1, 0.15) is 5.69 Å². The minimum absolute atomic E-state index is 0.100. The van der Waals surface area contributed by atoms with E-state index < -0.39 is 6.10 Å². The molecule has 6 heteroatoms. The van der Waals surface area contributed by atoms with Crippen molar-refractivity contribution >= 4 is 17.2 Å². The van der Waals surface area contributed by atoms with Crippen molar-refractivity contribution in [2.24, 2.45) is 0 Å². The van der Waals surface area contributed by atoms with Crippen LogP contribution in [-0.4, -0.2) is 44.6 Å². The quantitative estimate of drug-likeness (QED) is 0.926. The molecule has 0 bridgehead atoms. The molecular weight excluding hydrogens is 274 g/mol. The summed E-state index contributed by atoms with van der Waals surface area (Å²) < 4.78 is 0.